The van der Waals surface area contributed by atoms with Gasteiger partial charge in [0.05, 0.1) is 5.69 Å². The molecule has 0 saturated carbocycles. The van der Waals surface area contributed by atoms with Crippen LogP contribution in [0.25, 0.3) is 11.3 Å². The van der Waals surface area contributed by atoms with Crippen molar-refractivity contribution in [2.45, 2.75) is 6.92 Å². The molecule has 3 aromatic rings. The van der Waals surface area contributed by atoms with Crippen molar-refractivity contribution in [1.82, 2.24) is 14.9 Å². The van der Waals surface area contributed by atoms with Gasteiger partial charge in [-0.15, -0.1) is 0 Å². The Labute approximate surface area is 192 Å². The second-order valence-corrected chi connectivity index (χ2v) is 8.77. The van der Waals surface area contributed by atoms with Crippen LogP contribution in [0.3, 0.4) is 0 Å². The molecule has 1 fully saturated rings. The van der Waals surface area contributed by atoms with E-state index < -0.39 is 10.3 Å². The van der Waals surface area contributed by atoms with E-state index in [0.717, 1.165) is 11.3 Å². The first-order valence-corrected chi connectivity index (χ1v) is 11.8. The molecule has 0 bridgehead atoms. The van der Waals surface area contributed by atoms with E-state index in [1.807, 2.05) is 31.2 Å². The highest BCUT2D eigenvalue weighted by molar-refractivity contribution is 7.84. The number of piperazine rings is 1. The largest absolute Gasteiger partial charge is 0.380 e. The number of nitrogens with two attached hydrogens (primary N) is 1. The molecule has 0 spiro atoms. The number of carbonyl (C=O) groups is 1. The summed E-state index contributed by atoms with van der Waals surface area (Å²) in [7, 11) is -4.09. The maximum absolute atomic E-state index is 12.6. The van der Waals surface area contributed by atoms with E-state index in [9.17, 15) is 13.2 Å². The summed E-state index contributed by atoms with van der Waals surface area (Å²) in [6.45, 7) is 4.27. The molecular formula is C22H24N6O4S. The summed E-state index contributed by atoms with van der Waals surface area (Å²) in [5.41, 5.74) is 3.58. The summed E-state index contributed by atoms with van der Waals surface area (Å²) >= 11 is 0. The molecule has 2 aromatic carbocycles. The Kier molecular flexibility index (Phi) is 6.43. The van der Waals surface area contributed by atoms with Crippen LogP contribution in [0.5, 0.6) is 5.75 Å². The van der Waals surface area contributed by atoms with Crippen LogP contribution in [0.15, 0.2) is 60.8 Å². The van der Waals surface area contributed by atoms with E-state index in [4.69, 9.17) is 10.1 Å². The smallest absolute Gasteiger partial charge is 0.371 e. The van der Waals surface area contributed by atoms with E-state index in [2.05, 4.69) is 25.5 Å². The van der Waals surface area contributed by atoms with Crippen molar-refractivity contribution >= 4 is 28.0 Å². The van der Waals surface area contributed by atoms with Crippen LogP contribution in [0.1, 0.15) is 5.56 Å². The minimum atomic E-state index is -4.09. The van der Waals surface area contributed by atoms with Gasteiger partial charge in [0.2, 0.25) is 5.95 Å². The van der Waals surface area contributed by atoms with Crippen LogP contribution < -0.4 is 19.5 Å². The summed E-state index contributed by atoms with van der Waals surface area (Å²) in [5.74, 6) is 0.705. The minimum absolute atomic E-state index is 0.0667. The van der Waals surface area contributed by atoms with Crippen LogP contribution in [-0.2, 0) is 10.3 Å². The van der Waals surface area contributed by atoms with Crippen molar-refractivity contribution in [3.05, 3.63) is 66.4 Å². The summed E-state index contributed by atoms with van der Waals surface area (Å²) in [6.07, 6.45) is 1.75. The molecule has 10 nitrogen and oxygen atoms in total. The maximum atomic E-state index is 12.6. The highest BCUT2D eigenvalue weighted by atomic mass is 32.2. The van der Waals surface area contributed by atoms with Crippen LogP contribution in [0.4, 0.5) is 16.4 Å². The van der Waals surface area contributed by atoms with Gasteiger partial charge in [0, 0.05) is 43.6 Å². The van der Waals surface area contributed by atoms with Gasteiger partial charge in [-0.25, -0.2) is 14.8 Å². The van der Waals surface area contributed by atoms with Gasteiger partial charge in [-0.3, -0.25) is 0 Å². The van der Waals surface area contributed by atoms with Gasteiger partial charge in [0.1, 0.15) is 5.75 Å². The van der Waals surface area contributed by atoms with Crippen LogP contribution in [-0.4, -0.2) is 55.5 Å². The summed E-state index contributed by atoms with van der Waals surface area (Å²) in [5, 5.41) is 7.63. The van der Waals surface area contributed by atoms with Crippen LogP contribution in [0, 0.1) is 6.92 Å². The monoisotopic (exact) mass is 468 g/mol. The lowest BCUT2D eigenvalue weighted by Gasteiger charge is -2.34. The van der Waals surface area contributed by atoms with Crippen LogP contribution >= 0.6 is 0 Å². The SMILES string of the molecule is Cc1cccc(-c2ccnc(N3CCN(C(=O)Nc4ccc(OS(N)(=O)=O)cc4)CC3)n2)c1. The van der Waals surface area contributed by atoms with Crippen molar-refractivity contribution in [3.63, 3.8) is 0 Å². The van der Waals surface area contributed by atoms with Gasteiger partial charge >= 0.3 is 16.3 Å². The number of nitrogens with one attached hydrogen (secondary N) is 1. The Morgan fingerprint density at radius 3 is 2.45 bits per heavy atom. The van der Waals surface area contributed by atoms with Crippen molar-refractivity contribution < 1.29 is 17.4 Å². The molecule has 0 aliphatic carbocycles. The predicted octanol–water partition coefficient (Wildman–Crippen LogP) is 2.39. The van der Waals surface area contributed by atoms with Crippen molar-refractivity contribution in [2.75, 3.05) is 36.4 Å². The van der Waals surface area contributed by atoms with E-state index in [1.54, 1.807) is 23.2 Å². The van der Waals surface area contributed by atoms with Gasteiger partial charge in [0.25, 0.3) is 0 Å². The second kappa shape index (κ2) is 9.43. The normalized spacial score (nSPS) is 14.1. The Bertz CT molecular complexity index is 1240. The fraction of sp³-hybridized carbons (Fsp3) is 0.227. The topological polar surface area (TPSA) is 131 Å². The molecule has 3 N–H and O–H groups in total. The highest BCUT2D eigenvalue weighted by Gasteiger charge is 2.23. The molecule has 2 heterocycles. The number of hydrogen-bond acceptors (Lipinski definition) is 7. The number of carbonyl (C=O) groups excluding carboxylic acids is 1. The van der Waals surface area contributed by atoms with Gasteiger partial charge in [-0.1, -0.05) is 23.8 Å². The molecule has 11 heteroatoms. The first-order chi connectivity index (χ1) is 15.8. The summed E-state index contributed by atoms with van der Waals surface area (Å²) in [6, 6.07) is 15.7. The van der Waals surface area contributed by atoms with Crippen molar-refractivity contribution in [1.29, 1.82) is 0 Å². The maximum Gasteiger partial charge on any atom is 0.380 e. The lowest BCUT2D eigenvalue weighted by Crippen LogP contribution is -2.50. The second-order valence-electron chi connectivity index (χ2n) is 7.62. The zero-order chi connectivity index (χ0) is 23.4. The third-order valence-corrected chi connectivity index (χ3v) is 5.55. The van der Waals surface area contributed by atoms with E-state index >= 15 is 0 Å². The number of urea groups is 1. The van der Waals surface area contributed by atoms with E-state index in [1.165, 1.54) is 17.7 Å². The average molecular weight is 469 g/mol. The van der Waals surface area contributed by atoms with E-state index in [0.29, 0.717) is 37.8 Å². The first-order valence-electron chi connectivity index (χ1n) is 10.3. The molecule has 0 atom stereocenters. The number of benzene rings is 2. The zero-order valence-electron chi connectivity index (χ0n) is 18.0. The number of rotatable bonds is 5. The highest BCUT2D eigenvalue weighted by Crippen LogP contribution is 2.21. The van der Waals surface area contributed by atoms with Gasteiger partial charge < -0.3 is 19.3 Å². The Morgan fingerprint density at radius 2 is 1.79 bits per heavy atom. The number of aromatic nitrogens is 2. The molecule has 0 unspecified atom stereocenters. The third kappa shape index (κ3) is 5.96. The molecule has 172 valence electrons. The zero-order valence-corrected chi connectivity index (χ0v) is 18.8. The van der Waals surface area contributed by atoms with Crippen LogP contribution in [0.2, 0.25) is 0 Å². The molecule has 1 saturated heterocycles. The third-order valence-electron chi connectivity index (χ3n) is 5.12. The molecule has 4 rings (SSSR count). The molecule has 0 radical (unpaired) electrons. The molecular weight excluding hydrogens is 444 g/mol. The Balaban J connectivity index is 1.34. The standard InChI is InChI=1S/C22H24N6O4S/c1-16-3-2-4-17(15-16)20-9-10-24-21(26-20)27-11-13-28(14-12-27)22(29)25-18-5-7-19(8-6-18)32-33(23,30)31/h2-10,15H,11-14H2,1H3,(H,25,29)(H2,23,30,31). The number of aryl methyl sites for hydroxylation is 1. The lowest BCUT2D eigenvalue weighted by molar-refractivity contribution is 0.208. The Morgan fingerprint density at radius 1 is 1.06 bits per heavy atom. The molecule has 2 amide bonds. The number of nitrogens with zero attached hydrogens (tertiary/aromatic N) is 4. The lowest BCUT2D eigenvalue weighted by atomic mass is 10.1. The average Bonchev–Trinajstić information content (AvgIpc) is 2.80. The quantitative estimate of drug-likeness (QED) is 0.588. The molecule has 1 aromatic heterocycles. The van der Waals surface area contributed by atoms with Crippen molar-refractivity contribution in [3.8, 4) is 17.0 Å². The number of hydrogen-bond donors (Lipinski definition) is 2. The fourth-order valence-electron chi connectivity index (χ4n) is 3.51. The molecule has 1 aliphatic rings. The van der Waals surface area contributed by atoms with Gasteiger partial charge in [0.15, 0.2) is 0 Å². The Hall–Kier alpha value is -3.70. The summed E-state index contributed by atoms with van der Waals surface area (Å²) < 4.78 is 26.5. The predicted molar refractivity (Wildman–Crippen MR) is 125 cm³/mol. The molecule has 33 heavy (non-hydrogen) atoms. The number of amides is 2. The van der Waals surface area contributed by atoms with Gasteiger partial charge in [-0.2, -0.15) is 13.6 Å². The molecule has 1 aliphatic heterocycles. The minimum Gasteiger partial charge on any atom is -0.371 e. The van der Waals surface area contributed by atoms with Crippen molar-refractivity contribution in [2.24, 2.45) is 5.14 Å². The number of anilines is 2. The van der Waals surface area contributed by atoms with Gasteiger partial charge in [-0.05, 0) is 43.3 Å². The fourth-order valence-corrected chi connectivity index (χ4v) is 3.89. The van der Waals surface area contributed by atoms with E-state index in [-0.39, 0.29) is 11.8 Å². The summed E-state index contributed by atoms with van der Waals surface area (Å²) in [4.78, 5) is 25.5. The first kappa shape index (κ1) is 22.5.